The monoisotopic (exact) mass is 385 g/mol. The van der Waals surface area contributed by atoms with Crippen molar-refractivity contribution in [2.45, 2.75) is 37.8 Å². The predicted octanol–water partition coefficient (Wildman–Crippen LogP) is 2.63. The number of alkyl carbamates (subject to hydrolysis) is 1. The fourth-order valence-corrected chi connectivity index (χ4v) is 3.51. The van der Waals surface area contributed by atoms with Gasteiger partial charge in [0, 0.05) is 35.4 Å². The molecule has 3 aromatic rings. The van der Waals surface area contributed by atoms with Gasteiger partial charge in [0.05, 0.1) is 13.3 Å². The van der Waals surface area contributed by atoms with Crippen LogP contribution in [-0.2, 0) is 4.74 Å². The summed E-state index contributed by atoms with van der Waals surface area (Å²) in [6.07, 6.45) is 8.83. The second kappa shape index (κ2) is 7.75. The van der Waals surface area contributed by atoms with E-state index >= 15 is 0 Å². The lowest BCUT2D eigenvalue weighted by molar-refractivity contribution is 0.162. The van der Waals surface area contributed by atoms with Crippen molar-refractivity contribution in [3.05, 3.63) is 30.7 Å². The van der Waals surface area contributed by atoms with Crippen LogP contribution in [0.1, 0.15) is 25.7 Å². The molecule has 4 rings (SSSR count). The molecule has 0 spiro atoms. The number of carbonyl (C=O) groups is 1. The number of carbonyl (C=O) groups excluding carboxylic acids is 1. The van der Waals surface area contributed by atoms with Crippen LogP contribution in [0.15, 0.2) is 24.9 Å². The summed E-state index contributed by atoms with van der Waals surface area (Å²) in [5.41, 5.74) is 1.36. The first kappa shape index (κ1) is 18.1. The molecule has 1 fully saturated rings. The molecule has 10 heteroatoms. The number of hydrogen-bond acceptors (Lipinski definition) is 7. The molecular formula is C18H20FN7O2. The first-order valence-corrected chi connectivity index (χ1v) is 9.05. The SMILES string of the molecule is COC(=O)N[C@H]1CCC[C@@H](Nc2nc(-c3c[nH]c4ncncc34)ncc2F)C1. The van der Waals surface area contributed by atoms with Crippen molar-refractivity contribution < 1.29 is 13.9 Å². The van der Waals surface area contributed by atoms with Crippen LogP contribution in [0.2, 0.25) is 0 Å². The normalized spacial score (nSPS) is 19.4. The molecule has 1 saturated carbocycles. The summed E-state index contributed by atoms with van der Waals surface area (Å²) in [5, 5.41) is 6.73. The summed E-state index contributed by atoms with van der Waals surface area (Å²) in [6.45, 7) is 0. The van der Waals surface area contributed by atoms with Gasteiger partial charge < -0.3 is 20.4 Å². The maximum absolute atomic E-state index is 14.3. The van der Waals surface area contributed by atoms with E-state index in [9.17, 15) is 9.18 Å². The van der Waals surface area contributed by atoms with Crippen molar-refractivity contribution >= 4 is 22.9 Å². The van der Waals surface area contributed by atoms with E-state index < -0.39 is 11.9 Å². The maximum Gasteiger partial charge on any atom is 0.407 e. The molecular weight excluding hydrogens is 365 g/mol. The molecule has 2 atom stereocenters. The van der Waals surface area contributed by atoms with Gasteiger partial charge >= 0.3 is 6.09 Å². The molecule has 1 amide bonds. The molecule has 0 aromatic carbocycles. The van der Waals surface area contributed by atoms with E-state index in [2.05, 4.69) is 40.3 Å². The largest absolute Gasteiger partial charge is 0.453 e. The van der Waals surface area contributed by atoms with Gasteiger partial charge in [-0.05, 0) is 25.7 Å². The lowest BCUT2D eigenvalue weighted by Crippen LogP contribution is -2.41. The number of nitrogens with one attached hydrogen (secondary N) is 3. The number of aromatic nitrogens is 5. The van der Waals surface area contributed by atoms with E-state index in [1.807, 2.05) is 0 Å². The van der Waals surface area contributed by atoms with Gasteiger partial charge in [0.2, 0.25) is 0 Å². The number of ether oxygens (including phenoxy) is 1. The molecule has 3 heterocycles. The maximum atomic E-state index is 14.3. The molecule has 0 unspecified atom stereocenters. The van der Waals surface area contributed by atoms with E-state index in [4.69, 9.17) is 0 Å². The van der Waals surface area contributed by atoms with Crippen LogP contribution >= 0.6 is 0 Å². The Hall–Kier alpha value is -3.30. The van der Waals surface area contributed by atoms with Crippen LogP contribution in [0, 0.1) is 5.82 Å². The van der Waals surface area contributed by atoms with Crippen molar-refractivity contribution in [3.8, 4) is 11.4 Å². The Morgan fingerprint density at radius 1 is 1.29 bits per heavy atom. The smallest absolute Gasteiger partial charge is 0.407 e. The Morgan fingerprint density at radius 3 is 3.00 bits per heavy atom. The van der Waals surface area contributed by atoms with Crippen LogP contribution in [0.5, 0.6) is 0 Å². The zero-order valence-corrected chi connectivity index (χ0v) is 15.3. The number of amides is 1. The quantitative estimate of drug-likeness (QED) is 0.632. The summed E-state index contributed by atoms with van der Waals surface area (Å²) in [6, 6.07) is -0.0340. The topological polar surface area (TPSA) is 118 Å². The molecule has 1 aliphatic rings. The zero-order valence-electron chi connectivity index (χ0n) is 15.3. The van der Waals surface area contributed by atoms with Crippen LogP contribution in [0.4, 0.5) is 15.0 Å². The van der Waals surface area contributed by atoms with Crippen molar-refractivity contribution in [2.75, 3.05) is 12.4 Å². The second-order valence-electron chi connectivity index (χ2n) is 6.72. The van der Waals surface area contributed by atoms with E-state index in [0.717, 1.165) is 30.8 Å². The fraction of sp³-hybridized carbons (Fsp3) is 0.389. The van der Waals surface area contributed by atoms with Gasteiger partial charge in [-0.2, -0.15) is 0 Å². The van der Waals surface area contributed by atoms with E-state index in [1.54, 1.807) is 12.4 Å². The fourth-order valence-electron chi connectivity index (χ4n) is 3.51. The number of rotatable bonds is 4. The molecule has 0 aliphatic heterocycles. The van der Waals surface area contributed by atoms with Crippen molar-refractivity contribution in [1.82, 2.24) is 30.2 Å². The minimum atomic E-state index is -0.525. The predicted molar refractivity (Wildman–Crippen MR) is 100 cm³/mol. The molecule has 0 bridgehead atoms. The third kappa shape index (κ3) is 3.71. The van der Waals surface area contributed by atoms with Crippen molar-refractivity contribution in [2.24, 2.45) is 0 Å². The van der Waals surface area contributed by atoms with E-state index in [0.29, 0.717) is 23.5 Å². The van der Waals surface area contributed by atoms with Crippen molar-refractivity contribution in [1.29, 1.82) is 0 Å². The van der Waals surface area contributed by atoms with Crippen molar-refractivity contribution in [3.63, 3.8) is 0 Å². The summed E-state index contributed by atoms with van der Waals surface area (Å²) in [4.78, 5) is 31.1. The van der Waals surface area contributed by atoms with Gasteiger partial charge in [0.1, 0.15) is 12.0 Å². The van der Waals surface area contributed by atoms with E-state index in [-0.39, 0.29) is 17.9 Å². The summed E-state index contributed by atoms with van der Waals surface area (Å²) >= 11 is 0. The Morgan fingerprint density at radius 2 is 2.14 bits per heavy atom. The van der Waals surface area contributed by atoms with Gasteiger partial charge in [-0.15, -0.1) is 0 Å². The minimum Gasteiger partial charge on any atom is -0.453 e. The highest BCUT2D eigenvalue weighted by molar-refractivity contribution is 5.90. The Labute approximate surface area is 160 Å². The third-order valence-corrected chi connectivity index (χ3v) is 4.86. The van der Waals surface area contributed by atoms with Gasteiger partial charge in [-0.3, -0.25) is 0 Å². The molecule has 9 nitrogen and oxygen atoms in total. The molecule has 28 heavy (non-hydrogen) atoms. The first-order chi connectivity index (χ1) is 13.6. The molecule has 1 aliphatic carbocycles. The summed E-state index contributed by atoms with van der Waals surface area (Å²) in [7, 11) is 1.33. The molecule has 3 aromatic heterocycles. The Kier molecular flexibility index (Phi) is 5.00. The van der Waals surface area contributed by atoms with Crippen LogP contribution in [0.3, 0.4) is 0 Å². The lowest BCUT2D eigenvalue weighted by atomic mass is 9.91. The standard InChI is InChI=1S/C18H20FN7O2/c1-28-18(27)25-11-4-2-3-10(5-11)24-17-14(19)8-22-16(26-17)13-7-21-15-12(13)6-20-9-23-15/h6-11H,2-5H2,1H3,(H,25,27)(H,20,21,23)(H,22,24,26)/t10-,11+/m1/s1. The number of methoxy groups -OCH3 is 1. The number of anilines is 1. The number of nitrogens with zero attached hydrogens (tertiary/aromatic N) is 4. The average molecular weight is 385 g/mol. The van der Waals surface area contributed by atoms with Crippen LogP contribution in [-0.4, -0.2) is 50.2 Å². The van der Waals surface area contributed by atoms with Gasteiger partial charge in [-0.25, -0.2) is 29.1 Å². The number of aromatic amines is 1. The van der Waals surface area contributed by atoms with Gasteiger partial charge in [0.15, 0.2) is 17.5 Å². The molecule has 0 radical (unpaired) electrons. The highest BCUT2D eigenvalue weighted by Gasteiger charge is 2.25. The number of hydrogen-bond donors (Lipinski definition) is 3. The Balaban J connectivity index is 1.54. The van der Waals surface area contributed by atoms with Gasteiger partial charge in [-0.1, -0.05) is 0 Å². The highest BCUT2D eigenvalue weighted by Crippen LogP contribution is 2.27. The van der Waals surface area contributed by atoms with Crippen LogP contribution < -0.4 is 10.6 Å². The zero-order chi connectivity index (χ0) is 19.5. The van der Waals surface area contributed by atoms with E-state index in [1.165, 1.54) is 13.4 Å². The number of H-pyrrole nitrogens is 1. The first-order valence-electron chi connectivity index (χ1n) is 9.05. The molecule has 0 saturated heterocycles. The Bertz CT molecular complexity index is 993. The second-order valence-corrected chi connectivity index (χ2v) is 6.72. The van der Waals surface area contributed by atoms with Crippen LogP contribution in [0.25, 0.3) is 22.4 Å². The number of halogens is 1. The molecule has 146 valence electrons. The summed E-state index contributed by atoms with van der Waals surface area (Å²) in [5.74, 6) is -0.00666. The average Bonchev–Trinajstić information content (AvgIpc) is 3.14. The highest BCUT2D eigenvalue weighted by atomic mass is 19.1. The van der Waals surface area contributed by atoms with Gasteiger partial charge in [0.25, 0.3) is 0 Å². The third-order valence-electron chi connectivity index (χ3n) is 4.86. The number of fused-ring (bicyclic) bond motifs is 1. The lowest BCUT2D eigenvalue weighted by Gasteiger charge is -2.30. The molecule has 3 N–H and O–H groups in total. The summed E-state index contributed by atoms with van der Waals surface area (Å²) < 4.78 is 19.0. The minimum absolute atomic E-state index is 0.0144.